The van der Waals surface area contributed by atoms with Gasteiger partial charge in [0.1, 0.15) is 18.1 Å². The number of aryl methyl sites for hydroxylation is 1. The lowest BCUT2D eigenvalue weighted by Crippen LogP contribution is -2.26. The molecule has 0 fully saturated rings. The maximum Gasteiger partial charge on any atom is 0.253 e. The summed E-state index contributed by atoms with van der Waals surface area (Å²) in [6, 6.07) is 15.6. The summed E-state index contributed by atoms with van der Waals surface area (Å²) in [7, 11) is 1.75. The van der Waals surface area contributed by atoms with Crippen molar-refractivity contribution in [3.8, 4) is 5.75 Å². The number of amides is 1. The number of rotatable bonds is 8. The van der Waals surface area contributed by atoms with Gasteiger partial charge in [-0.15, -0.1) is 0 Å². The first kappa shape index (κ1) is 21.9. The molecule has 0 N–H and O–H groups in total. The molecule has 0 spiro atoms. The molecule has 2 aromatic carbocycles. The molecule has 1 aromatic heterocycles. The molecule has 0 bridgehead atoms. The van der Waals surface area contributed by atoms with E-state index in [-0.39, 0.29) is 5.91 Å². The van der Waals surface area contributed by atoms with Crippen molar-refractivity contribution in [2.45, 2.75) is 46.4 Å². The van der Waals surface area contributed by atoms with E-state index in [9.17, 15) is 4.79 Å². The van der Waals surface area contributed by atoms with Crippen LogP contribution < -0.4 is 4.74 Å². The Hall–Kier alpha value is -2.79. The normalized spacial score (nSPS) is 11.0. The van der Waals surface area contributed by atoms with Gasteiger partial charge in [0.2, 0.25) is 0 Å². The largest absolute Gasteiger partial charge is 0.489 e. The molecule has 5 nitrogen and oxygen atoms in total. The molecule has 158 valence electrons. The maximum absolute atomic E-state index is 12.9. The minimum Gasteiger partial charge on any atom is -0.489 e. The van der Waals surface area contributed by atoms with E-state index in [4.69, 9.17) is 16.3 Å². The summed E-state index contributed by atoms with van der Waals surface area (Å²) in [5.74, 6) is 1.22. The minimum atomic E-state index is -0.0831. The van der Waals surface area contributed by atoms with Crippen LogP contribution in [0.3, 0.4) is 0 Å². The van der Waals surface area contributed by atoms with Gasteiger partial charge in [-0.05, 0) is 48.2 Å². The number of aromatic nitrogens is 2. The first-order valence-corrected chi connectivity index (χ1v) is 10.5. The first-order valence-electron chi connectivity index (χ1n) is 10.2. The van der Waals surface area contributed by atoms with Crippen LogP contribution in [0.5, 0.6) is 5.75 Å². The van der Waals surface area contributed by atoms with Crippen LogP contribution in [-0.2, 0) is 19.7 Å². The Morgan fingerprint density at radius 2 is 1.93 bits per heavy atom. The van der Waals surface area contributed by atoms with Crippen LogP contribution in [0.15, 0.2) is 54.7 Å². The first-order chi connectivity index (χ1) is 14.4. The second-order valence-electron chi connectivity index (χ2n) is 7.65. The molecule has 30 heavy (non-hydrogen) atoms. The molecule has 0 aliphatic heterocycles. The van der Waals surface area contributed by atoms with E-state index in [2.05, 4.69) is 31.1 Å². The number of hydrogen-bond donors (Lipinski definition) is 0. The van der Waals surface area contributed by atoms with E-state index in [0.717, 1.165) is 17.9 Å². The van der Waals surface area contributed by atoms with Gasteiger partial charge >= 0.3 is 0 Å². The van der Waals surface area contributed by atoms with Gasteiger partial charge < -0.3 is 9.64 Å². The highest BCUT2D eigenvalue weighted by molar-refractivity contribution is 6.31. The fraction of sp³-hybridized carbons (Fsp3) is 0.333. The summed E-state index contributed by atoms with van der Waals surface area (Å²) in [6.45, 7) is 7.82. The Labute approximate surface area is 183 Å². The molecular weight excluding hydrogens is 398 g/mol. The van der Waals surface area contributed by atoms with Gasteiger partial charge in [0, 0.05) is 25.4 Å². The van der Waals surface area contributed by atoms with Crippen molar-refractivity contribution < 1.29 is 9.53 Å². The van der Waals surface area contributed by atoms with Crippen molar-refractivity contribution in [2.24, 2.45) is 0 Å². The zero-order chi connectivity index (χ0) is 21.7. The topological polar surface area (TPSA) is 47.4 Å². The summed E-state index contributed by atoms with van der Waals surface area (Å²) >= 11 is 6.23. The fourth-order valence-electron chi connectivity index (χ4n) is 3.13. The highest BCUT2D eigenvalue weighted by Gasteiger charge is 2.16. The summed E-state index contributed by atoms with van der Waals surface area (Å²) in [5, 5.41) is 4.98. The molecule has 0 aliphatic carbocycles. The average Bonchev–Trinajstić information content (AvgIpc) is 3.11. The molecule has 0 aliphatic rings. The number of halogens is 1. The molecule has 6 heteroatoms. The zero-order valence-electron chi connectivity index (χ0n) is 17.9. The van der Waals surface area contributed by atoms with Crippen molar-refractivity contribution in [1.29, 1.82) is 0 Å². The Morgan fingerprint density at radius 3 is 2.57 bits per heavy atom. The van der Waals surface area contributed by atoms with Gasteiger partial charge in [-0.25, -0.2) is 0 Å². The average molecular weight is 426 g/mol. The lowest BCUT2D eigenvalue weighted by molar-refractivity contribution is 0.0783. The number of hydrogen-bond acceptors (Lipinski definition) is 3. The monoisotopic (exact) mass is 425 g/mol. The van der Waals surface area contributed by atoms with E-state index in [1.54, 1.807) is 22.8 Å². The van der Waals surface area contributed by atoms with Gasteiger partial charge in [-0.3, -0.25) is 9.48 Å². The third-order valence-corrected chi connectivity index (χ3v) is 5.29. The second-order valence-corrected chi connectivity index (χ2v) is 8.06. The summed E-state index contributed by atoms with van der Waals surface area (Å²) < 4.78 is 7.66. The predicted octanol–water partition coefficient (Wildman–Crippen LogP) is 5.53. The second kappa shape index (κ2) is 9.81. The molecule has 1 amide bonds. The van der Waals surface area contributed by atoms with Crippen LogP contribution in [0, 0.1) is 0 Å². The number of carbonyl (C=O) groups is 1. The maximum atomic E-state index is 12.9. The Morgan fingerprint density at radius 1 is 1.20 bits per heavy atom. The van der Waals surface area contributed by atoms with Crippen LogP contribution in [0.2, 0.25) is 5.02 Å². The van der Waals surface area contributed by atoms with Gasteiger partial charge in [0.05, 0.1) is 11.6 Å². The molecule has 0 unspecified atom stereocenters. The van der Waals surface area contributed by atoms with E-state index in [1.807, 2.05) is 43.3 Å². The lowest BCUT2D eigenvalue weighted by atomic mass is 10.0. The van der Waals surface area contributed by atoms with Crippen molar-refractivity contribution in [3.63, 3.8) is 0 Å². The minimum absolute atomic E-state index is 0.0831. The van der Waals surface area contributed by atoms with E-state index < -0.39 is 0 Å². The molecule has 0 saturated carbocycles. The highest BCUT2D eigenvalue weighted by atomic mass is 35.5. The quantitative estimate of drug-likeness (QED) is 0.476. The molecule has 3 rings (SSSR count). The molecule has 1 heterocycles. The summed E-state index contributed by atoms with van der Waals surface area (Å²) in [6.07, 6.45) is 1.78. The van der Waals surface area contributed by atoms with Crippen LogP contribution in [0.25, 0.3) is 0 Å². The van der Waals surface area contributed by atoms with E-state index >= 15 is 0 Å². The summed E-state index contributed by atoms with van der Waals surface area (Å²) in [4.78, 5) is 14.5. The molecular formula is C24H28ClN3O2. The SMILES string of the molecule is CCn1cc(Cl)c(CN(C)C(=O)c2cccc(COc3ccc(C(C)C)cc3)c2)n1. The number of ether oxygens (including phenoxy) is 1. The third-order valence-electron chi connectivity index (χ3n) is 4.97. The van der Waals surface area contributed by atoms with Crippen LogP contribution >= 0.6 is 11.6 Å². The van der Waals surface area contributed by atoms with Crippen LogP contribution in [0.1, 0.15) is 53.9 Å². The van der Waals surface area contributed by atoms with Crippen molar-refractivity contribution >= 4 is 17.5 Å². The highest BCUT2D eigenvalue weighted by Crippen LogP contribution is 2.20. The van der Waals surface area contributed by atoms with Crippen molar-refractivity contribution in [2.75, 3.05) is 7.05 Å². The standard InChI is InChI=1S/C24H28ClN3O2/c1-5-28-14-22(25)23(26-28)15-27(4)24(29)20-8-6-7-18(13-20)16-30-21-11-9-19(10-12-21)17(2)3/h6-14,17H,5,15-16H2,1-4H3. The lowest BCUT2D eigenvalue weighted by Gasteiger charge is -2.17. The Kier molecular flexibility index (Phi) is 7.16. The number of nitrogens with zero attached hydrogens (tertiary/aromatic N) is 3. The molecule has 0 atom stereocenters. The van der Waals surface area contributed by atoms with Gasteiger partial charge in [0.25, 0.3) is 5.91 Å². The molecule has 3 aromatic rings. The third kappa shape index (κ3) is 5.42. The van der Waals surface area contributed by atoms with Crippen LogP contribution in [0.4, 0.5) is 0 Å². The number of benzene rings is 2. The number of carbonyl (C=O) groups excluding carboxylic acids is 1. The predicted molar refractivity (Wildman–Crippen MR) is 120 cm³/mol. The summed E-state index contributed by atoms with van der Waals surface area (Å²) in [5.41, 5.74) is 3.52. The van der Waals surface area contributed by atoms with Gasteiger partial charge in [-0.1, -0.05) is 49.7 Å². The van der Waals surface area contributed by atoms with Gasteiger partial charge in [0.15, 0.2) is 0 Å². The van der Waals surface area contributed by atoms with E-state index in [0.29, 0.717) is 35.3 Å². The zero-order valence-corrected chi connectivity index (χ0v) is 18.7. The molecule has 0 radical (unpaired) electrons. The van der Waals surface area contributed by atoms with Crippen molar-refractivity contribution in [3.05, 3.63) is 82.1 Å². The van der Waals surface area contributed by atoms with Gasteiger partial charge in [-0.2, -0.15) is 5.10 Å². The molecule has 0 saturated heterocycles. The Balaban J connectivity index is 1.63. The smallest absolute Gasteiger partial charge is 0.253 e. The van der Waals surface area contributed by atoms with Crippen molar-refractivity contribution in [1.82, 2.24) is 14.7 Å². The van der Waals surface area contributed by atoms with Crippen LogP contribution in [-0.4, -0.2) is 27.6 Å². The Bertz CT molecular complexity index is 996. The fourth-order valence-corrected chi connectivity index (χ4v) is 3.34. The van der Waals surface area contributed by atoms with E-state index in [1.165, 1.54) is 5.56 Å².